The fourth-order valence-corrected chi connectivity index (χ4v) is 3.94. The zero-order valence-electron chi connectivity index (χ0n) is 16.6. The molecule has 1 unspecified atom stereocenters. The summed E-state index contributed by atoms with van der Waals surface area (Å²) in [6.45, 7) is 3.11. The van der Waals surface area contributed by atoms with Crippen LogP contribution in [0.4, 0.5) is 0 Å². The maximum atomic E-state index is 6.07. The van der Waals surface area contributed by atoms with Gasteiger partial charge in [0.1, 0.15) is 0 Å². The summed E-state index contributed by atoms with van der Waals surface area (Å²) in [6.07, 6.45) is 7.28. The largest absolute Gasteiger partial charge is 0.300 e. The molecule has 3 rings (SSSR count). The summed E-state index contributed by atoms with van der Waals surface area (Å²) < 4.78 is 4.13. The Morgan fingerprint density at radius 1 is 1.11 bits per heavy atom. The summed E-state index contributed by atoms with van der Waals surface area (Å²) in [4.78, 5) is 2.14. The lowest BCUT2D eigenvalue weighted by atomic mass is 10.2. The highest BCUT2D eigenvalue weighted by Gasteiger charge is 2.20. The minimum atomic E-state index is 0.159. The highest BCUT2D eigenvalue weighted by atomic mass is 35.5. The van der Waals surface area contributed by atoms with E-state index in [1.165, 1.54) is 6.42 Å². The number of nitrogens with zero attached hydrogens (tertiary/aromatic N) is 6. The smallest absolute Gasteiger partial charge is 0.195 e. The molecule has 8 heteroatoms. The highest BCUT2D eigenvalue weighted by Crippen LogP contribution is 2.28. The van der Waals surface area contributed by atoms with Crippen molar-refractivity contribution in [3.05, 3.63) is 53.6 Å². The van der Waals surface area contributed by atoms with Gasteiger partial charge in [0.25, 0.3) is 0 Å². The van der Waals surface area contributed by atoms with Gasteiger partial charge in [0.15, 0.2) is 11.0 Å². The summed E-state index contributed by atoms with van der Waals surface area (Å²) >= 11 is 7.83. The third-order valence-corrected chi connectivity index (χ3v) is 5.98. The number of aromatic nitrogens is 5. The number of unbranched alkanes of at least 4 members (excludes halogenated alkanes) is 2. The minimum absolute atomic E-state index is 0.159. The lowest BCUT2D eigenvalue weighted by Crippen LogP contribution is -2.20. The van der Waals surface area contributed by atoms with Crippen LogP contribution in [0.5, 0.6) is 0 Å². The van der Waals surface area contributed by atoms with Crippen molar-refractivity contribution in [2.45, 2.75) is 43.9 Å². The van der Waals surface area contributed by atoms with E-state index >= 15 is 0 Å². The summed E-state index contributed by atoms with van der Waals surface area (Å²) in [5.41, 5.74) is 1.04. The Hall–Kier alpha value is -1.83. The maximum absolute atomic E-state index is 6.07. The molecule has 1 aromatic carbocycles. The number of halogens is 1. The Morgan fingerprint density at radius 3 is 2.57 bits per heavy atom. The lowest BCUT2D eigenvalue weighted by molar-refractivity contribution is 0.305. The third-order valence-electron chi connectivity index (χ3n) is 4.71. The Bertz CT molecular complexity index is 844. The molecule has 0 radical (unpaired) electrons. The summed E-state index contributed by atoms with van der Waals surface area (Å²) in [7, 11) is 4.11. The quantitative estimate of drug-likeness (QED) is 0.352. The van der Waals surface area contributed by atoms with Crippen LogP contribution in [0.3, 0.4) is 0 Å². The van der Waals surface area contributed by atoms with Gasteiger partial charge in [-0.05, 0) is 64.2 Å². The van der Waals surface area contributed by atoms with Crippen molar-refractivity contribution in [2.24, 2.45) is 0 Å². The van der Waals surface area contributed by atoms with Gasteiger partial charge in [0.05, 0.1) is 6.04 Å². The van der Waals surface area contributed by atoms with Crippen molar-refractivity contribution >= 4 is 23.4 Å². The Labute approximate surface area is 175 Å². The number of thioether (sulfide) groups is 1. The third kappa shape index (κ3) is 5.37. The number of hydrogen-bond donors (Lipinski definition) is 0. The Kier molecular flexibility index (Phi) is 7.53. The molecule has 0 aliphatic rings. The van der Waals surface area contributed by atoms with Crippen LogP contribution in [0.25, 0.3) is 5.69 Å². The first-order chi connectivity index (χ1) is 13.6. The monoisotopic (exact) mass is 418 g/mol. The van der Waals surface area contributed by atoms with Gasteiger partial charge in [-0.3, -0.25) is 14.1 Å². The Morgan fingerprint density at radius 2 is 1.89 bits per heavy atom. The van der Waals surface area contributed by atoms with Crippen molar-refractivity contribution in [3.63, 3.8) is 0 Å². The van der Waals surface area contributed by atoms with Gasteiger partial charge in [-0.2, -0.15) is 5.10 Å². The molecular formula is C20H27ClN6S. The SMILES string of the molecule is CC(c1nnc(SCCCCCn2cccn2)n1-c1ccc(Cl)cc1)N(C)C. The fraction of sp³-hybridized carbons (Fsp3) is 0.450. The van der Waals surface area contributed by atoms with Crippen LogP contribution in [0, 0.1) is 0 Å². The predicted octanol–water partition coefficient (Wildman–Crippen LogP) is 4.70. The van der Waals surface area contributed by atoms with E-state index < -0.39 is 0 Å². The first kappa shape index (κ1) is 20.9. The van der Waals surface area contributed by atoms with E-state index in [0.717, 1.165) is 46.8 Å². The van der Waals surface area contributed by atoms with Crippen molar-refractivity contribution in [2.75, 3.05) is 19.8 Å². The van der Waals surface area contributed by atoms with Crippen LogP contribution < -0.4 is 0 Å². The molecule has 0 N–H and O–H groups in total. The van der Waals surface area contributed by atoms with Gasteiger partial charge in [-0.25, -0.2) is 0 Å². The van der Waals surface area contributed by atoms with Gasteiger partial charge in [0.2, 0.25) is 0 Å². The highest BCUT2D eigenvalue weighted by molar-refractivity contribution is 7.99. The molecule has 2 heterocycles. The molecule has 28 heavy (non-hydrogen) atoms. The fourth-order valence-electron chi connectivity index (χ4n) is 2.86. The molecule has 0 fully saturated rings. The Balaban J connectivity index is 1.64. The standard InChI is InChI=1S/C20H27ClN6S/c1-16(25(2)3)19-23-24-20(27(19)18-10-8-17(21)9-11-18)28-15-6-4-5-13-26-14-7-12-22-26/h7-12,14,16H,4-6,13,15H2,1-3H3. The molecule has 0 aliphatic carbocycles. The van der Waals surface area contributed by atoms with Crippen molar-refractivity contribution in [1.82, 2.24) is 29.4 Å². The lowest BCUT2D eigenvalue weighted by Gasteiger charge is -2.20. The van der Waals surface area contributed by atoms with Crippen LogP contribution in [0.15, 0.2) is 47.9 Å². The minimum Gasteiger partial charge on any atom is -0.300 e. The molecule has 0 saturated carbocycles. The number of hydrogen-bond acceptors (Lipinski definition) is 5. The molecule has 2 aromatic heterocycles. The number of benzene rings is 1. The molecule has 3 aromatic rings. The van der Waals surface area contributed by atoms with Crippen LogP contribution in [-0.4, -0.2) is 49.3 Å². The average molecular weight is 419 g/mol. The zero-order chi connectivity index (χ0) is 19.9. The van der Waals surface area contributed by atoms with E-state index in [1.54, 1.807) is 11.8 Å². The van der Waals surface area contributed by atoms with E-state index in [2.05, 4.69) is 45.8 Å². The summed E-state index contributed by atoms with van der Waals surface area (Å²) in [6, 6.07) is 9.98. The second-order valence-electron chi connectivity index (χ2n) is 6.97. The van der Waals surface area contributed by atoms with E-state index in [-0.39, 0.29) is 6.04 Å². The molecular weight excluding hydrogens is 392 g/mol. The van der Waals surface area contributed by atoms with Crippen LogP contribution in [0.2, 0.25) is 5.02 Å². The molecule has 0 saturated heterocycles. The molecule has 0 aliphatic heterocycles. The molecule has 0 bridgehead atoms. The summed E-state index contributed by atoms with van der Waals surface area (Å²) in [5.74, 6) is 1.95. The molecule has 1 atom stereocenters. The molecule has 6 nitrogen and oxygen atoms in total. The molecule has 150 valence electrons. The van der Waals surface area contributed by atoms with E-state index in [4.69, 9.17) is 11.6 Å². The number of rotatable bonds is 10. The van der Waals surface area contributed by atoms with Gasteiger partial charge in [-0.15, -0.1) is 10.2 Å². The van der Waals surface area contributed by atoms with Gasteiger partial charge >= 0.3 is 0 Å². The van der Waals surface area contributed by atoms with Crippen LogP contribution in [0.1, 0.15) is 38.1 Å². The van der Waals surface area contributed by atoms with E-state index in [9.17, 15) is 0 Å². The molecule has 0 amide bonds. The van der Waals surface area contributed by atoms with Gasteiger partial charge in [-0.1, -0.05) is 29.8 Å². The predicted molar refractivity (Wildman–Crippen MR) is 115 cm³/mol. The summed E-state index contributed by atoms with van der Waals surface area (Å²) in [5, 5.41) is 14.9. The molecule has 0 spiro atoms. The van der Waals surface area contributed by atoms with Crippen LogP contribution in [-0.2, 0) is 6.54 Å². The normalized spacial score (nSPS) is 12.6. The first-order valence-electron chi connectivity index (χ1n) is 9.54. The second-order valence-corrected chi connectivity index (χ2v) is 8.47. The van der Waals surface area contributed by atoms with E-state index in [0.29, 0.717) is 0 Å². The van der Waals surface area contributed by atoms with E-state index in [1.807, 2.05) is 47.4 Å². The number of aryl methyl sites for hydroxylation is 1. The first-order valence-corrected chi connectivity index (χ1v) is 10.9. The van der Waals surface area contributed by atoms with Gasteiger partial charge in [0, 0.05) is 35.4 Å². The maximum Gasteiger partial charge on any atom is 0.195 e. The van der Waals surface area contributed by atoms with Crippen LogP contribution >= 0.6 is 23.4 Å². The topological polar surface area (TPSA) is 51.8 Å². The van der Waals surface area contributed by atoms with Crippen molar-refractivity contribution in [3.8, 4) is 5.69 Å². The second kappa shape index (κ2) is 10.1. The van der Waals surface area contributed by atoms with Crippen molar-refractivity contribution < 1.29 is 0 Å². The van der Waals surface area contributed by atoms with Crippen molar-refractivity contribution in [1.29, 1.82) is 0 Å². The average Bonchev–Trinajstić information content (AvgIpc) is 3.34. The zero-order valence-corrected chi connectivity index (χ0v) is 18.2. The van der Waals surface area contributed by atoms with Gasteiger partial charge < -0.3 is 0 Å².